The van der Waals surface area contributed by atoms with Gasteiger partial charge in [-0.3, -0.25) is 0 Å². The van der Waals surface area contributed by atoms with Crippen LogP contribution in [0.4, 0.5) is 0 Å². The van der Waals surface area contributed by atoms with Crippen LogP contribution >= 0.6 is 11.6 Å². The Morgan fingerprint density at radius 1 is 1.14 bits per heavy atom. The highest BCUT2D eigenvalue weighted by Gasteiger charge is 2.10. The van der Waals surface area contributed by atoms with Crippen LogP contribution in [0.25, 0.3) is 11.1 Å². The van der Waals surface area contributed by atoms with Gasteiger partial charge in [0.2, 0.25) is 0 Å². The standard InChI is InChI=1S/C16H18ClNO2S/c1-11(2)8-13-5-4-12(9-15(13)17)14-6-7-16(18-10-14)21(3,19)20/h4-7,9-11H,8H2,1-3H3. The van der Waals surface area contributed by atoms with Crippen molar-refractivity contribution in [3.8, 4) is 11.1 Å². The maximum Gasteiger partial charge on any atom is 0.192 e. The second-order valence-electron chi connectivity index (χ2n) is 5.56. The van der Waals surface area contributed by atoms with E-state index in [9.17, 15) is 8.42 Å². The molecule has 2 rings (SSSR count). The lowest BCUT2D eigenvalue weighted by atomic mass is 10.00. The van der Waals surface area contributed by atoms with Crippen molar-refractivity contribution >= 4 is 21.4 Å². The van der Waals surface area contributed by atoms with Crippen LogP contribution in [-0.2, 0) is 16.3 Å². The van der Waals surface area contributed by atoms with Gasteiger partial charge in [-0.05, 0) is 41.7 Å². The molecule has 0 fully saturated rings. The summed E-state index contributed by atoms with van der Waals surface area (Å²) < 4.78 is 22.8. The molecule has 0 radical (unpaired) electrons. The Morgan fingerprint density at radius 3 is 2.29 bits per heavy atom. The summed E-state index contributed by atoms with van der Waals surface area (Å²) >= 11 is 6.31. The molecule has 1 aromatic heterocycles. The largest absolute Gasteiger partial charge is 0.244 e. The summed E-state index contributed by atoms with van der Waals surface area (Å²) in [5.74, 6) is 0.545. The second kappa shape index (κ2) is 6.16. The van der Waals surface area contributed by atoms with E-state index in [-0.39, 0.29) is 5.03 Å². The molecule has 0 saturated heterocycles. The number of hydrogen-bond donors (Lipinski definition) is 0. The fourth-order valence-corrected chi connectivity index (χ4v) is 2.92. The van der Waals surface area contributed by atoms with Crippen LogP contribution in [0.15, 0.2) is 41.6 Å². The number of pyridine rings is 1. The van der Waals surface area contributed by atoms with Gasteiger partial charge in [0, 0.05) is 23.0 Å². The topological polar surface area (TPSA) is 47.0 Å². The molecule has 0 atom stereocenters. The van der Waals surface area contributed by atoms with E-state index >= 15 is 0 Å². The van der Waals surface area contributed by atoms with E-state index in [0.717, 1.165) is 34.4 Å². The minimum absolute atomic E-state index is 0.0776. The number of hydrogen-bond acceptors (Lipinski definition) is 3. The van der Waals surface area contributed by atoms with Gasteiger partial charge < -0.3 is 0 Å². The lowest BCUT2D eigenvalue weighted by Crippen LogP contribution is -2.00. The maximum atomic E-state index is 11.4. The molecule has 0 bridgehead atoms. The Morgan fingerprint density at radius 2 is 1.81 bits per heavy atom. The average molecular weight is 324 g/mol. The summed E-state index contributed by atoms with van der Waals surface area (Å²) in [6.45, 7) is 4.30. The normalized spacial score (nSPS) is 11.9. The van der Waals surface area contributed by atoms with Gasteiger partial charge in [0.25, 0.3) is 0 Å². The number of rotatable bonds is 4. The fraction of sp³-hybridized carbons (Fsp3) is 0.312. The van der Waals surface area contributed by atoms with E-state index in [1.165, 1.54) is 6.07 Å². The van der Waals surface area contributed by atoms with Gasteiger partial charge in [-0.25, -0.2) is 13.4 Å². The van der Waals surface area contributed by atoms with E-state index in [1.54, 1.807) is 12.3 Å². The van der Waals surface area contributed by atoms with Crippen molar-refractivity contribution in [3.05, 3.63) is 47.1 Å². The van der Waals surface area contributed by atoms with E-state index in [2.05, 4.69) is 18.8 Å². The SMILES string of the molecule is CC(C)Cc1ccc(-c2ccc(S(C)(=O)=O)nc2)cc1Cl. The Bertz CT molecular complexity index is 737. The van der Waals surface area contributed by atoms with Gasteiger partial charge in [0.1, 0.15) is 0 Å². The second-order valence-corrected chi connectivity index (χ2v) is 7.93. The minimum atomic E-state index is -3.27. The maximum absolute atomic E-state index is 11.4. The van der Waals surface area contributed by atoms with Crippen molar-refractivity contribution in [1.29, 1.82) is 0 Å². The van der Waals surface area contributed by atoms with Gasteiger partial charge in [0.05, 0.1) is 0 Å². The van der Waals surface area contributed by atoms with Crippen LogP contribution < -0.4 is 0 Å². The molecule has 0 saturated carbocycles. The Balaban J connectivity index is 2.32. The fourth-order valence-electron chi connectivity index (χ4n) is 2.10. The van der Waals surface area contributed by atoms with Crippen molar-refractivity contribution in [1.82, 2.24) is 4.98 Å². The van der Waals surface area contributed by atoms with E-state index in [0.29, 0.717) is 5.92 Å². The molecule has 0 aliphatic rings. The minimum Gasteiger partial charge on any atom is -0.244 e. The highest BCUT2D eigenvalue weighted by Crippen LogP contribution is 2.27. The summed E-state index contributed by atoms with van der Waals surface area (Å²) in [4.78, 5) is 4.00. The molecule has 112 valence electrons. The summed E-state index contributed by atoms with van der Waals surface area (Å²) in [6, 6.07) is 9.16. The van der Waals surface area contributed by atoms with E-state index in [1.807, 2.05) is 18.2 Å². The summed E-state index contributed by atoms with van der Waals surface area (Å²) in [5.41, 5.74) is 2.90. The number of sulfone groups is 1. The van der Waals surface area contributed by atoms with Crippen LogP contribution in [0.2, 0.25) is 5.02 Å². The van der Waals surface area contributed by atoms with Crippen LogP contribution in [0.1, 0.15) is 19.4 Å². The van der Waals surface area contributed by atoms with Gasteiger partial charge in [-0.15, -0.1) is 0 Å². The molecular weight excluding hydrogens is 306 g/mol. The Labute approximate surface area is 130 Å². The quantitative estimate of drug-likeness (QED) is 0.854. The molecule has 0 unspecified atom stereocenters. The van der Waals surface area contributed by atoms with Gasteiger partial charge in [0.15, 0.2) is 14.9 Å². The Hall–Kier alpha value is -1.39. The number of aromatic nitrogens is 1. The highest BCUT2D eigenvalue weighted by molar-refractivity contribution is 7.90. The third-order valence-electron chi connectivity index (χ3n) is 3.13. The van der Waals surface area contributed by atoms with Crippen LogP contribution in [0.3, 0.4) is 0 Å². The zero-order valence-electron chi connectivity index (χ0n) is 12.3. The van der Waals surface area contributed by atoms with Gasteiger partial charge in [-0.2, -0.15) is 0 Å². The van der Waals surface area contributed by atoms with Crippen LogP contribution in [-0.4, -0.2) is 19.7 Å². The molecular formula is C16H18ClNO2S. The van der Waals surface area contributed by atoms with Crippen molar-refractivity contribution in [2.24, 2.45) is 5.92 Å². The first kappa shape index (κ1) is 16.0. The average Bonchev–Trinajstić information content (AvgIpc) is 2.40. The molecule has 3 nitrogen and oxygen atoms in total. The molecule has 1 aromatic carbocycles. The number of benzene rings is 1. The first-order valence-electron chi connectivity index (χ1n) is 6.72. The molecule has 0 spiro atoms. The molecule has 0 amide bonds. The molecule has 5 heteroatoms. The molecule has 1 heterocycles. The van der Waals surface area contributed by atoms with Crippen molar-refractivity contribution < 1.29 is 8.42 Å². The summed E-state index contributed by atoms with van der Waals surface area (Å²) in [5, 5.41) is 0.808. The predicted octanol–water partition coefficient (Wildman–Crippen LogP) is 4.00. The number of halogens is 1. The lowest BCUT2D eigenvalue weighted by Gasteiger charge is -2.09. The summed E-state index contributed by atoms with van der Waals surface area (Å²) in [7, 11) is -3.27. The molecule has 21 heavy (non-hydrogen) atoms. The van der Waals surface area contributed by atoms with Crippen LogP contribution in [0.5, 0.6) is 0 Å². The van der Waals surface area contributed by atoms with E-state index < -0.39 is 9.84 Å². The lowest BCUT2D eigenvalue weighted by molar-refractivity contribution is 0.598. The third kappa shape index (κ3) is 4.05. The first-order valence-corrected chi connectivity index (χ1v) is 8.99. The predicted molar refractivity (Wildman–Crippen MR) is 86.3 cm³/mol. The smallest absolute Gasteiger partial charge is 0.192 e. The number of nitrogens with zero attached hydrogens (tertiary/aromatic N) is 1. The van der Waals surface area contributed by atoms with Gasteiger partial charge >= 0.3 is 0 Å². The van der Waals surface area contributed by atoms with Gasteiger partial charge in [-0.1, -0.05) is 37.6 Å². The third-order valence-corrected chi connectivity index (χ3v) is 4.48. The Kier molecular flexibility index (Phi) is 4.69. The molecule has 2 aromatic rings. The summed E-state index contributed by atoms with van der Waals surface area (Å²) in [6.07, 6.45) is 3.64. The zero-order valence-corrected chi connectivity index (χ0v) is 13.9. The molecule has 0 N–H and O–H groups in total. The zero-order chi connectivity index (χ0) is 15.6. The molecule has 0 aliphatic heterocycles. The van der Waals surface area contributed by atoms with Crippen LogP contribution in [0, 0.1) is 5.92 Å². The monoisotopic (exact) mass is 323 g/mol. The van der Waals surface area contributed by atoms with Crippen molar-refractivity contribution in [2.45, 2.75) is 25.3 Å². The van der Waals surface area contributed by atoms with E-state index in [4.69, 9.17) is 11.6 Å². The highest BCUT2D eigenvalue weighted by atomic mass is 35.5. The van der Waals surface area contributed by atoms with Crippen molar-refractivity contribution in [2.75, 3.05) is 6.26 Å². The van der Waals surface area contributed by atoms with Crippen molar-refractivity contribution in [3.63, 3.8) is 0 Å². The first-order chi connectivity index (χ1) is 9.77. The molecule has 0 aliphatic carbocycles.